The zero-order valence-electron chi connectivity index (χ0n) is 15.1. The Balaban J connectivity index is 0.00000243. The van der Waals surface area contributed by atoms with Crippen LogP contribution < -0.4 is 11.1 Å². The van der Waals surface area contributed by atoms with Gasteiger partial charge in [-0.3, -0.25) is 4.79 Å². The highest BCUT2D eigenvalue weighted by Crippen LogP contribution is 2.24. The van der Waals surface area contributed by atoms with Crippen molar-refractivity contribution in [2.75, 3.05) is 18.8 Å². The summed E-state index contributed by atoms with van der Waals surface area (Å²) in [4.78, 5) is 20.2. The van der Waals surface area contributed by atoms with Gasteiger partial charge in [0.05, 0.1) is 5.92 Å². The van der Waals surface area contributed by atoms with E-state index < -0.39 is 0 Å². The molecule has 1 aliphatic rings. The highest BCUT2D eigenvalue weighted by Gasteiger charge is 2.28. The first-order chi connectivity index (χ1) is 12.2. The van der Waals surface area contributed by atoms with Crippen LogP contribution in [-0.4, -0.2) is 34.9 Å². The van der Waals surface area contributed by atoms with Gasteiger partial charge in [0.1, 0.15) is 0 Å². The first kappa shape index (κ1) is 20.7. The fourth-order valence-electron chi connectivity index (χ4n) is 3.41. The van der Waals surface area contributed by atoms with Crippen molar-refractivity contribution in [3.8, 4) is 0 Å². The number of aromatic nitrogens is 1. The number of nitrogen functional groups attached to an aromatic ring is 1. The Morgan fingerprint density at radius 1 is 1.35 bits per heavy atom. The van der Waals surface area contributed by atoms with E-state index in [-0.39, 0.29) is 24.2 Å². The van der Waals surface area contributed by atoms with Gasteiger partial charge in [-0.1, -0.05) is 37.3 Å². The van der Waals surface area contributed by atoms with E-state index in [1.165, 1.54) is 11.3 Å². The number of nitrogens with two attached hydrogens (primary N) is 1. The number of amides is 1. The molecule has 1 aliphatic heterocycles. The summed E-state index contributed by atoms with van der Waals surface area (Å²) in [6, 6.07) is 10.6. The second-order valence-electron chi connectivity index (χ2n) is 6.52. The third-order valence-corrected chi connectivity index (χ3v) is 5.68. The molecule has 0 aliphatic carbocycles. The summed E-state index contributed by atoms with van der Waals surface area (Å²) in [6.07, 6.45) is 4.65. The monoisotopic (exact) mass is 394 g/mol. The Hall–Kier alpha value is -1.63. The molecule has 0 radical (unpaired) electrons. The fraction of sp³-hybridized carbons (Fsp3) is 0.474. The van der Waals surface area contributed by atoms with Gasteiger partial charge in [0.2, 0.25) is 5.91 Å². The molecule has 0 saturated carbocycles. The number of hydrogen-bond donors (Lipinski definition) is 2. The molecule has 0 bridgehead atoms. The topological polar surface area (TPSA) is 71.2 Å². The number of hydrogen-bond acceptors (Lipinski definition) is 5. The van der Waals surface area contributed by atoms with Crippen LogP contribution in [0, 0.1) is 0 Å². The largest absolute Gasteiger partial charge is 0.375 e. The number of piperidine rings is 1. The van der Waals surface area contributed by atoms with Crippen molar-refractivity contribution in [1.82, 2.24) is 15.2 Å². The van der Waals surface area contributed by atoms with Crippen molar-refractivity contribution in [2.24, 2.45) is 0 Å². The van der Waals surface area contributed by atoms with Crippen LogP contribution in [0.25, 0.3) is 0 Å². The molecule has 1 amide bonds. The number of nitrogens with one attached hydrogen (secondary N) is 1. The van der Waals surface area contributed by atoms with Gasteiger partial charge in [0.25, 0.3) is 0 Å². The summed E-state index contributed by atoms with van der Waals surface area (Å²) in [5.41, 5.74) is 6.79. The number of thiazole rings is 1. The maximum Gasteiger partial charge on any atom is 0.230 e. The lowest BCUT2D eigenvalue weighted by atomic mass is 9.93. The van der Waals surface area contributed by atoms with Gasteiger partial charge in [-0.05, 0) is 24.8 Å². The molecule has 7 heteroatoms. The molecule has 2 aromatic rings. The van der Waals surface area contributed by atoms with Gasteiger partial charge in [-0.2, -0.15) is 0 Å². The van der Waals surface area contributed by atoms with Crippen LogP contribution in [0.1, 0.15) is 42.5 Å². The lowest BCUT2D eigenvalue weighted by molar-refractivity contribution is -0.134. The van der Waals surface area contributed by atoms with Crippen molar-refractivity contribution in [3.05, 3.63) is 47.0 Å². The van der Waals surface area contributed by atoms with E-state index in [9.17, 15) is 4.79 Å². The van der Waals surface area contributed by atoms with Crippen molar-refractivity contribution in [3.63, 3.8) is 0 Å². The summed E-state index contributed by atoms with van der Waals surface area (Å²) in [5, 5.41) is 4.18. The van der Waals surface area contributed by atoms with Crippen LogP contribution in [0.15, 0.2) is 36.5 Å². The minimum atomic E-state index is -0.0223. The van der Waals surface area contributed by atoms with E-state index >= 15 is 0 Å². The van der Waals surface area contributed by atoms with Gasteiger partial charge >= 0.3 is 0 Å². The molecule has 26 heavy (non-hydrogen) atoms. The third kappa shape index (κ3) is 5.19. The number of carbonyl (C=O) groups is 1. The molecule has 3 rings (SSSR count). The van der Waals surface area contributed by atoms with Gasteiger partial charge < -0.3 is 16.0 Å². The van der Waals surface area contributed by atoms with E-state index in [0.29, 0.717) is 11.2 Å². The molecule has 2 heterocycles. The van der Waals surface area contributed by atoms with Crippen LogP contribution in [0.3, 0.4) is 0 Å². The Bertz CT molecular complexity index is 686. The summed E-state index contributed by atoms with van der Waals surface area (Å²) < 4.78 is 0. The number of anilines is 1. The van der Waals surface area contributed by atoms with Crippen LogP contribution in [0.2, 0.25) is 0 Å². The molecule has 1 aromatic carbocycles. The standard InChI is InChI=1S/C19H26N4OS.ClH/c1-2-17(14-6-4-3-5-7-14)18(24)23-10-8-15(9-11-23)21-12-16-13-22-19(20)25-16;/h3-7,13,15,17,21H,2,8-12H2,1H3,(H2,20,22);1H. The number of benzene rings is 1. The smallest absolute Gasteiger partial charge is 0.230 e. The van der Waals surface area contributed by atoms with Crippen LogP contribution >= 0.6 is 23.7 Å². The third-order valence-electron chi connectivity index (χ3n) is 4.85. The lowest BCUT2D eigenvalue weighted by Crippen LogP contribution is -2.46. The van der Waals surface area contributed by atoms with Gasteiger partial charge in [0.15, 0.2) is 5.13 Å². The molecular weight excluding hydrogens is 368 g/mol. The molecule has 0 spiro atoms. The molecule has 1 fully saturated rings. The maximum absolute atomic E-state index is 12.9. The predicted molar refractivity (Wildman–Crippen MR) is 110 cm³/mol. The molecule has 1 aromatic heterocycles. The Morgan fingerprint density at radius 3 is 2.62 bits per heavy atom. The van der Waals surface area contributed by atoms with Crippen molar-refractivity contribution < 1.29 is 4.79 Å². The number of carbonyl (C=O) groups excluding carboxylic acids is 1. The Kier molecular flexibility index (Phi) is 7.87. The van der Waals surface area contributed by atoms with Crippen LogP contribution in [0.4, 0.5) is 5.13 Å². The second-order valence-corrected chi connectivity index (χ2v) is 7.66. The van der Waals surface area contributed by atoms with E-state index in [4.69, 9.17) is 5.73 Å². The Morgan fingerprint density at radius 2 is 2.04 bits per heavy atom. The highest BCUT2D eigenvalue weighted by molar-refractivity contribution is 7.15. The van der Waals surface area contributed by atoms with E-state index in [1.54, 1.807) is 0 Å². The van der Waals surface area contributed by atoms with Crippen molar-refractivity contribution in [1.29, 1.82) is 0 Å². The normalized spacial score (nSPS) is 16.1. The predicted octanol–water partition coefficient (Wildman–Crippen LogP) is 3.42. The SMILES string of the molecule is CCC(C(=O)N1CCC(NCc2cnc(N)s2)CC1)c1ccccc1.Cl. The molecule has 142 valence electrons. The molecule has 1 unspecified atom stereocenters. The minimum Gasteiger partial charge on any atom is -0.375 e. The summed E-state index contributed by atoms with van der Waals surface area (Å²) in [7, 11) is 0. The maximum atomic E-state index is 12.9. The van der Waals surface area contributed by atoms with E-state index in [1.807, 2.05) is 29.3 Å². The quantitative estimate of drug-likeness (QED) is 0.787. The fourth-order valence-corrected chi connectivity index (χ4v) is 4.05. The van der Waals surface area contributed by atoms with Gasteiger partial charge in [-0.15, -0.1) is 23.7 Å². The van der Waals surface area contributed by atoms with Crippen molar-refractivity contribution in [2.45, 2.75) is 44.7 Å². The zero-order chi connectivity index (χ0) is 17.6. The first-order valence-electron chi connectivity index (χ1n) is 8.94. The van der Waals surface area contributed by atoms with Crippen LogP contribution in [-0.2, 0) is 11.3 Å². The first-order valence-corrected chi connectivity index (χ1v) is 9.76. The zero-order valence-corrected chi connectivity index (χ0v) is 16.7. The van der Waals surface area contributed by atoms with Crippen LogP contribution in [0.5, 0.6) is 0 Å². The minimum absolute atomic E-state index is 0. The summed E-state index contributed by atoms with van der Waals surface area (Å²) in [6.45, 7) is 4.54. The molecule has 5 nitrogen and oxygen atoms in total. The van der Waals surface area contributed by atoms with Gasteiger partial charge in [0, 0.05) is 36.8 Å². The lowest BCUT2D eigenvalue weighted by Gasteiger charge is -2.34. The average molecular weight is 395 g/mol. The Labute approximate surface area is 165 Å². The van der Waals surface area contributed by atoms with Crippen molar-refractivity contribution >= 4 is 34.8 Å². The molecule has 3 N–H and O–H groups in total. The number of rotatable bonds is 6. The van der Waals surface area contributed by atoms with E-state index in [0.717, 1.165) is 49.3 Å². The summed E-state index contributed by atoms with van der Waals surface area (Å²) in [5.74, 6) is 0.244. The number of halogens is 1. The molecular formula is C19H27ClN4OS. The highest BCUT2D eigenvalue weighted by atomic mass is 35.5. The number of nitrogens with zero attached hydrogens (tertiary/aromatic N) is 2. The van der Waals surface area contributed by atoms with Gasteiger partial charge in [-0.25, -0.2) is 4.98 Å². The number of likely N-dealkylation sites (tertiary alicyclic amines) is 1. The second kappa shape index (κ2) is 9.90. The molecule has 1 saturated heterocycles. The summed E-state index contributed by atoms with van der Waals surface area (Å²) >= 11 is 1.53. The average Bonchev–Trinajstić information content (AvgIpc) is 3.07. The van der Waals surface area contributed by atoms with E-state index in [2.05, 4.69) is 29.4 Å². The molecule has 1 atom stereocenters.